The van der Waals surface area contributed by atoms with Crippen LogP contribution in [0.2, 0.25) is 0 Å². The monoisotopic (exact) mass is 370 g/mol. The highest BCUT2D eigenvalue weighted by molar-refractivity contribution is 5.74. The Morgan fingerprint density at radius 3 is 3.07 bits per heavy atom. The maximum atomic E-state index is 12.6. The average Bonchev–Trinajstić information content (AvgIpc) is 3.30. The molecular weight excluding hydrogens is 344 g/mol. The van der Waals surface area contributed by atoms with Gasteiger partial charge in [0.15, 0.2) is 0 Å². The summed E-state index contributed by atoms with van der Waals surface area (Å²) in [6.45, 7) is 5.01. The minimum Gasteiger partial charge on any atom is -0.493 e. The van der Waals surface area contributed by atoms with Crippen LogP contribution in [-0.2, 0) is 30.2 Å². The van der Waals surface area contributed by atoms with Gasteiger partial charge in [0.05, 0.1) is 26.0 Å². The third-order valence-corrected chi connectivity index (χ3v) is 5.32. The maximum Gasteiger partial charge on any atom is 0.317 e. The summed E-state index contributed by atoms with van der Waals surface area (Å²) in [5.41, 5.74) is 2.95. The lowest BCUT2D eigenvalue weighted by molar-refractivity contribution is -0.0906. The number of fused-ring (bicyclic) bond motifs is 1. The average molecular weight is 370 g/mol. The van der Waals surface area contributed by atoms with Crippen LogP contribution in [0.5, 0.6) is 5.75 Å². The fourth-order valence-corrected chi connectivity index (χ4v) is 3.73. The summed E-state index contributed by atoms with van der Waals surface area (Å²) >= 11 is 0. The Bertz CT molecular complexity index is 834. The van der Waals surface area contributed by atoms with E-state index < -0.39 is 5.60 Å². The van der Waals surface area contributed by atoms with Crippen LogP contribution in [0.15, 0.2) is 30.6 Å². The number of morpholine rings is 1. The Morgan fingerprint density at radius 2 is 2.26 bits per heavy atom. The molecule has 1 atom stereocenters. The molecule has 0 radical (unpaired) electrons. The van der Waals surface area contributed by atoms with Crippen molar-refractivity contribution < 1.29 is 14.3 Å². The number of nitrogens with zero attached hydrogens (tertiary/aromatic N) is 3. The van der Waals surface area contributed by atoms with Crippen molar-refractivity contribution in [3.63, 3.8) is 0 Å². The number of aryl methyl sites for hydroxylation is 1. The van der Waals surface area contributed by atoms with Gasteiger partial charge in [0.25, 0.3) is 0 Å². The third kappa shape index (κ3) is 3.78. The fourth-order valence-electron chi connectivity index (χ4n) is 3.73. The predicted molar refractivity (Wildman–Crippen MR) is 101 cm³/mol. The highest BCUT2D eigenvalue weighted by Crippen LogP contribution is 2.29. The first kappa shape index (κ1) is 17.9. The summed E-state index contributed by atoms with van der Waals surface area (Å²) in [6, 6.07) is 6.24. The van der Waals surface area contributed by atoms with Gasteiger partial charge in [-0.25, -0.2) is 4.79 Å². The van der Waals surface area contributed by atoms with Crippen molar-refractivity contribution in [2.24, 2.45) is 7.05 Å². The number of urea groups is 1. The molecule has 2 aliphatic rings. The van der Waals surface area contributed by atoms with Crippen molar-refractivity contribution in [3.05, 3.63) is 47.3 Å². The number of ether oxygens (including phenoxy) is 2. The quantitative estimate of drug-likeness (QED) is 0.892. The Balaban J connectivity index is 1.31. The highest BCUT2D eigenvalue weighted by Gasteiger charge is 2.36. The molecule has 0 bridgehead atoms. The van der Waals surface area contributed by atoms with E-state index in [0.717, 1.165) is 30.8 Å². The Labute approximate surface area is 159 Å². The zero-order valence-electron chi connectivity index (χ0n) is 15.9. The zero-order valence-corrected chi connectivity index (χ0v) is 15.9. The molecule has 0 aliphatic carbocycles. The summed E-state index contributed by atoms with van der Waals surface area (Å²) in [6.07, 6.45) is 5.53. The van der Waals surface area contributed by atoms with Crippen LogP contribution in [-0.4, -0.2) is 53.6 Å². The molecule has 2 amide bonds. The van der Waals surface area contributed by atoms with Crippen molar-refractivity contribution in [2.45, 2.75) is 25.4 Å². The van der Waals surface area contributed by atoms with Gasteiger partial charge in [0.1, 0.15) is 11.4 Å². The number of nitrogens with one attached hydrogen (secondary N) is 1. The Hall–Kier alpha value is -2.54. The van der Waals surface area contributed by atoms with Gasteiger partial charge in [-0.05, 0) is 30.5 Å². The molecule has 3 heterocycles. The molecule has 0 spiro atoms. The van der Waals surface area contributed by atoms with Crippen molar-refractivity contribution >= 4 is 6.03 Å². The van der Waals surface area contributed by atoms with E-state index in [0.29, 0.717) is 26.2 Å². The summed E-state index contributed by atoms with van der Waals surface area (Å²) in [5.74, 6) is 0.991. The first-order valence-corrected chi connectivity index (χ1v) is 9.44. The van der Waals surface area contributed by atoms with Gasteiger partial charge in [0, 0.05) is 38.3 Å². The molecule has 1 aromatic carbocycles. The number of benzene rings is 1. The lowest BCUT2D eigenvalue weighted by Gasteiger charge is -2.40. The van der Waals surface area contributed by atoms with Gasteiger partial charge < -0.3 is 19.7 Å². The molecule has 4 rings (SSSR count). The molecule has 1 unspecified atom stereocenters. The minimum atomic E-state index is -0.524. The summed E-state index contributed by atoms with van der Waals surface area (Å²) in [4.78, 5) is 14.4. The lowest BCUT2D eigenvalue weighted by atomic mass is 9.97. The van der Waals surface area contributed by atoms with E-state index in [1.807, 2.05) is 31.1 Å². The number of hydrogen-bond donors (Lipinski definition) is 1. The lowest BCUT2D eigenvalue weighted by Crippen LogP contribution is -2.53. The van der Waals surface area contributed by atoms with E-state index in [9.17, 15) is 4.79 Å². The van der Waals surface area contributed by atoms with E-state index in [4.69, 9.17) is 9.47 Å². The number of hydrogen-bond acceptors (Lipinski definition) is 4. The number of amides is 2. The van der Waals surface area contributed by atoms with Crippen LogP contribution in [0.1, 0.15) is 23.6 Å². The van der Waals surface area contributed by atoms with Crippen LogP contribution >= 0.6 is 0 Å². The van der Waals surface area contributed by atoms with Crippen molar-refractivity contribution in [2.75, 3.05) is 32.8 Å². The van der Waals surface area contributed by atoms with Crippen LogP contribution in [0.25, 0.3) is 0 Å². The van der Waals surface area contributed by atoms with E-state index in [1.54, 1.807) is 10.9 Å². The van der Waals surface area contributed by atoms with Gasteiger partial charge in [-0.15, -0.1) is 0 Å². The van der Waals surface area contributed by atoms with Crippen LogP contribution in [0.4, 0.5) is 4.79 Å². The molecule has 1 saturated heterocycles. The fraction of sp³-hybridized carbons (Fsp3) is 0.500. The molecular formula is C20H26N4O3. The first-order chi connectivity index (χ1) is 13.0. The SMILES string of the molecule is Cn1cc(C2(C)CN(C(=O)NCCc3ccc4c(c3)CCO4)CCO2)cn1. The second kappa shape index (κ2) is 7.23. The van der Waals surface area contributed by atoms with Gasteiger partial charge in [-0.2, -0.15) is 5.10 Å². The van der Waals surface area contributed by atoms with Gasteiger partial charge in [0.2, 0.25) is 0 Å². The number of carbonyl (C=O) groups excluding carboxylic acids is 1. The standard InChI is InChI=1S/C20H26N4O3/c1-20(17-12-22-23(2)13-17)14-24(8-10-27-20)19(25)21-7-5-15-3-4-18-16(11-15)6-9-26-18/h3-4,11-13H,5-10,14H2,1-2H3,(H,21,25). The van der Waals surface area contributed by atoms with Crippen molar-refractivity contribution in [1.82, 2.24) is 20.0 Å². The second-order valence-corrected chi connectivity index (χ2v) is 7.43. The molecule has 2 aromatic rings. The van der Waals surface area contributed by atoms with Crippen LogP contribution < -0.4 is 10.1 Å². The molecule has 144 valence electrons. The smallest absolute Gasteiger partial charge is 0.317 e. The van der Waals surface area contributed by atoms with Gasteiger partial charge in [-0.1, -0.05) is 12.1 Å². The second-order valence-electron chi connectivity index (χ2n) is 7.43. The van der Waals surface area contributed by atoms with Gasteiger partial charge >= 0.3 is 6.03 Å². The van der Waals surface area contributed by atoms with Gasteiger partial charge in [-0.3, -0.25) is 4.68 Å². The highest BCUT2D eigenvalue weighted by atomic mass is 16.5. The zero-order chi connectivity index (χ0) is 18.9. The van der Waals surface area contributed by atoms with E-state index in [-0.39, 0.29) is 6.03 Å². The molecule has 27 heavy (non-hydrogen) atoms. The molecule has 2 aliphatic heterocycles. The topological polar surface area (TPSA) is 68.6 Å². The minimum absolute atomic E-state index is 0.0436. The molecule has 1 N–H and O–H groups in total. The molecule has 0 saturated carbocycles. The first-order valence-electron chi connectivity index (χ1n) is 9.44. The molecule has 1 fully saturated rings. The number of aromatic nitrogens is 2. The summed E-state index contributed by atoms with van der Waals surface area (Å²) < 4.78 is 13.3. The summed E-state index contributed by atoms with van der Waals surface area (Å²) in [7, 11) is 1.88. The van der Waals surface area contributed by atoms with E-state index in [1.165, 1.54) is 11.1 Å². The van der Waals surface area contributed by atoms with E-state index >= 15 is 0 Å². The molecule has 7 nitrogen and oxygen atoms in total. The van der Waals surface area contributed by atoms with Crippen LogP contribution in [0, 0.1) is 0 Å². The van der Waals surface area contributed by atoms with E-state index in [2.05, 4.69) is 22.5 Å². The number of rotatable bonds is 4. The normalized spacial score (nSPS) is 21.6. The molecule has 1 aromatic heterocycles. The Kier molecular flexibility index (Phi) is 4.78. The third-order valence-electron chi connectivity index (χ3n) is 5.32. The van der Waals surface area contributed by atoms with Crippen LogP contribution in [0.3, 0.4) is 0 Å². The van der Waals surface area contributed by atoms with Crippen molar-refractivity contribution in [3.8, 4) is 5.75 Å². The summed E-state index contributed by atoms with van der Waals surface area (Å²) in [5, 5.41) is 7.27. The maximum absolute atomic E-state index is 12.6. The van der Waals surface area contributed by atoms with Crippen molar-refractivity contribution in [1.29, 1.82) is 0 Å². The predicted octanol–water partition coefficient (Wildman–Crippen LogP) is 1.85. The Morgan fingerprint density at radius 1 is 1.37 bits per heavy atom. The number of carbonyl (C=O) groups is 1. The molecule has 7 heteroatoms. The largest absolute Gasteiger partial charge is 0.493 e.